The summed E-state index contributed by atoms with van der Waals surface area (Å²) in [5.41, 5.74) is -1.26. The summed E-state index contributed by atoms with van der Waals surface area (Å²) in [6.07, 6.45) is 3.02. The molecular formula is C14H21N5O3. The van der Waals surface area contributed by atoms with Gasteiger partial charge in [-0.15, -0.1) is 0 Å². The van der Waals surface area contributed by atoms with E-state index in [4.69, 9.17) is 4.42 Å². The molecule has 0 aliphatic heterocycles. The Morgan fingerprint density at radius 3 is 2.91 bits per heavy atom. The molecule has 8 heteroatoms. The monoisotopic (exact) mass is 307 g/mol. The van der Waals surface area contributed by atoms with Crippen molar-refractivity contribution in [1.82, 2.24) is 25.4 Å². The van der Waals surface area contributed by atoms with E-state index in [2.05, 4.69) is 20.7 Å². The summed E-state index contributed by atoms with van der Waals surface area (Å²) >= 11 is 0. The second-order valence-corrected chi connectivity index (χ2v) is 5.53. The van der Waals surface area contributed by atoms with E-state index in [1.807, 2.05) is 6.92 Å². The van der Waals surface area contributed by atoms with E-state index < -0.39 is 5.60 Å². The number of aliphatic hydroxyl groups is 1. The summed E-state index contributed by atoms with van der Waals surface area (Å²) in [5, 5.41) is 19.7. The summed E-state index contributed by atoms with van der Waals surface area (Å²) in [6, 6.07) is 2.97. The predicted molar refractivity (Wildman–Crippen MR) is 79.0 cm³/mol. The van der Waals surface area contributed by atoms with E-state index >= 15 is 0 Å². The lowest BCUT2D eigenvalue weighted by Gasteiger charge is -2.22. The van der Waals surface area contributed by atoms with Gasteiger partial charge in [-0.2, -0.15) is 5.10 Å². The van der Waals surface area contributed by atoms with Crippen molar-refractivity contribution in [3.63, 3.8) is 0 Å². The Morgan fingerprint density at radius 2 is 2.32 bits per heavy atom. The Balaban J connectivity index is 1.79. The van der Waals surface area contributed by atoms with Crippen molar-refractivity contribution in [3.05, 3.63) is 36.3 Å². The van der Waals surface area contributed by atoms with Crippen LogP contribution in [0.15, 0.2) is 29.2 Å². The Hall–Kier alpha value is -2.35. The quantitative estimate of drug-likeness (QED) is 0.731. The number of rotatable bonds is 6. The molecule has 0 saturated heterocycles. The molecule has 0 radical (unpaired) electrons. The van der Waals surface area contributed by atoms with Crippen molar-refractivity contribution in [2.24, 2.45) is 0 Å². The summed E-state index contributed by atoms with van der Waals surface area (Å²) in [6.45, 7) is 5.80. The minimum atomic E-state index is -1.26. The number of nitrogens with zero attached hydrogens (tertiary/aromatic N) is 3. The lowest BCUT2D eigenvalue weighted by Crippen LogP contribution is -2.47. The van der Waals surface area contributed by atoms with E-state index in [9.17, 15) is 9.90 Å². The highest BCUT2D eigenvalue weighted by Gasteiger charge is 2.27. The molecule has 2 heterocycles. The van der Waals surface area contributed by atoms with E-state index in [0.29, 0.717) is 18.1 Å². The molecule has 8 nitrogen and oxygen atoms in total. The Morgan fingerprint density at radius 1 is 1.55 bits per heavy atom. The van der Waals surface area contributed by atoms with Crippen LogP contribution in [0.25, 0.3) is 0 Å². The van der Waals surface area contributed by atoms with E-state index in [-0.39, 0.29) is 18.6 Å². The molecule has 0 fully saturated rings. The Bertz CT molecular complexity index is 606. The van der Waals surface area contributed by atoms with Gasteiger partial charge in [0, 0.05) is 6.04 Å². The van der Waals surface area contributed by atoms with Crippen LogP contribution >= 0.6 is 0 Å². The third-order valence-electron chi connectivity index (χ3n) is 3.17. The summed E-state index contributed by atoms with van der Waals surface area (Å²) in [7, 11) is 0. The molecule has 0 aliphatic carbocycles. The van der Waals surface area contributed by atoms with Gasteiger partial charge >= 0.3 is 6.03 Å². The fourth-order valence-electron chi connectivity index (χ4n) is 1.99. The molecule has 2 aromatic rings. The topological polar surface area (TPSA) is 105 Å². The fraction of sp³-hybridized carbons (Fsp3) is 0.500. The molecule has 0 saturated carbocycles. The zero-order valence-corrected chi connectivity index (χ0v) is 12.9. The van der Waals surface area contributed by atoms with E-state index in [1.165, 1.54) is 6.33 Å². The lowest BCUT2D eigenvalue weighted by molar-refractivity contribution is 0.0359. The Labute approximate surface area is 128 Å². The van der Waals surface area contributed by atoms with Gasteiger partial charge in [-0.05, 0) is 32.9 Å². The van der Waals surface area contributed by atoms with Crippen molar-refractivity contribution in [3.8, 4) is 0 Å². The first-order chi connectivity index (χ1) is 10.4. The molecule has 0 aromatic carbocycles. The maximum absolute atomic E-state index is 11.9. The van der Waals surface area contributed by atoms with Crippen molar-refractivity contribution in [2.45, 2.75) is 39.0 Å². The highest BCUT2D eigenvalue weighted by Crippen LogP contribution is 2.21. The maximum Gasteiger partial charge on any atom is 0.315 e. The van der Waals surface area contributed by atoms with Crippen molar-refractivity contribution in [1.29, 1.82) is 0 Å². The normalized spacial score (nSPS) is 15.1. The molecule has 2 atom stereocenters. The number of amides is 2. The molecule has 2 unspecified atom stereocenters. The van der Waals surface area contributed by atoms with Gasteiger partial charge in [0.05, 0.1) is 13.1 Å². The van der Waals surface area contributed by atoms with Crippen molar-refractivity contribution >= 4 is 6.03 Å². The van der Waals surface area contributed by atoms with Crippen LogP contribution in [0, 0.1) is 6.92 Å². The van der Waals surface area contributed by atoms with Crippen LogP contribution in [-0.4, -0.2) is 38.5 Å². The summed E-state index contributed by atoms with van der Waals surface area (Å²) < 4.78 is 7.02. The van der Waals surface area contributed by atoms with Crippen LogP contribution in [0.5, 0.6) is 0 Å². The van der Waals surface area contributed by atoms with Crippen LogP contribution < -0.4 is 10.6 Å². The van der Waals surface area contributed by atoms with Crippen LogP contribution in [0.3, 0.4) is 0 Å². The van der Waals surface area contributed by atoms with Gasteiger partial charge in [-0.3, -0.25) is 4.68 Å². The largest absolute Gasteiger partial charge is 0.463 e. The zero-order chi connectivity index (χ0) is 16.2. The first-order valence-corrected chi connectivity index (χ1v) is 7.03. The molecule has 0 aliphatic rings. The second-order valence-electron chi connectivity index (χ2n) is 5.53. The number of hydrogen-bond acceptors (Lipinski definition) is 5. The summed E-state index contributed by atoms with van der Waals surface area (Å²) in [5.74, 6) is 1.13. The van der Waals surface area contributed by atoms with Gasteiger partial charge < -0.3 is 20.2 Å². The van der Waals surface area contributed by atoms with Crippen LogP contribution in [0.2, 0.25) is 0 Å². The van der Waals surface area contributed by atoms with E-state index in [1.54, 1.807) is 37.0 Å². The molecule has 2 rings (SSSR count). The van der Waals surface area contributed by atoms with Gasteiger partial charge in [-0.1, -0.05) is 0 Å². The van der Waals surface area contributed by atoms with Crippen LogP contribution in [0.1, 0.15) is 25.4 Å². The molecule has 22 heavy (non-hydrogen) atoms. The summed E-state index contributed by atoms with van der Waals surface area (Å²) in [4.78, 5) is 15.7. The lowest BCUT2D eigenvalue weighted by atomic mass is 10.0. The van der Waals surface area contributed by atoms with E-state index in [0.717, 1.165) is 0 Å². The fourth-order valence-corrected chi connectivity index (χ4v) is 1.99. The molecule has 3 N–H and O–H groups in total. The molecule has 2 aromatic heterocycles. The van der Waals surface area contributed by atoms with Crippen molar-refractivity contribution in [2.75, 3.05) is 6.54 Å². The van der Waals surface area contributed by atoms with Gasteiger partial charge in [0.15, 0.2) is 0 Å². The van der Waals surface area contributed by atoms with Gasteiger partial charge in [0.25, 0.3) is 0 Å². The molecule has 0 bridgehead atoms. The number of aromatic nitrogens is 3. The van der Waals surface area contributed by atoms with Crippen molar-refractivity contribution < 1.29 is 14.3 Å². The predicted octanol–water partition coefficient (Wildman–Crippen LogP) is 0.775. The smallest absolute Gasteiger partial charge is 0.315 e. The highest BCUT2D eigenvalue weighted by molar-refractivity contribution is 5.74. The maximum atomic E-state index is 11.9. The van der Waals surface area contributed by atoms with Gasteiger partial charge in [0.1, 0.15) is 29.8 Å². The number of carbonyl (C=O) groups is 1. The number of hydrogen-bond donors (Lipinski definition) is 3. The number of urea groups is 1. The highest BCUT2D eigenvalue weighted by atomic mass is 16.4. The van der Waals surface area contributed by atoms with Gasteiger partial charge in [-0.25, -0.2) is 9.78 Å². The third kappa shape index (κ3) is 4.32. The molecule has 0 spiro atoms. The second kappa shape index (κ2) is 6.61. The molecular weight excluding hydrogens is 286 g/mol. The molecule has 2 amide bonds. The Kier molecular flexibility index (Phi) is 4.81. The minimum Gasteiger partial charge on any atom is -0.463 e. The average molecular weight is 307 g/mol. The average Bonchev–Trinajstić information content (AvgIpc) is 3.08. The van der Waals surface area contributed by atoms with Gasteiger partial charge in [0.2, 0.25) is 0 Å². The number of furan rings is 1. The van der Waals surface area contributed by atoms with Crippen LogP contribution in [0.4, 0.5) is 4.79 Å². The van der Waals surface area contributed by atoms with Crippen LogP contribution in [-0.2, 0) is 12.1 Å². The zero-order valence-electron chi connectivity index (χ0n) is 12.9. The first-order valence-electron chi connectivity index (χ1n) is 7.03. The number of aryl methyl sites for hydroxylation is 1. The standard InChI is InChI=1S/C14H21N5O3/c1-10(6-19-9-15-8-17-19)18-13(20)16-7-14(3,21)12-5-4-11(2)22-12/h4-5,8-10,21H,6-7H2,1-3H3,(H2,16,18,20). The minimum absolute atomic E-state index is 0.0435. The third-order valence-corrected chi connectivity index (χ3v) is 3.17. The SMILES string of the molecule is Cc1ccc(C(C)(O)CNC(=O)NC(C)Cn2cncn2)o1. The first kappa shape index (κ1) is 16.0. The molecule has 120 valence electrons. The number of carbonyl (C=O) groups excluding carboxylic acids is 1. The number of nitrogens with one attached hydrogen (secondary N) is 2.